The van der Waals surface area contributed by atoms with Crippen LogP contribution in [0.25, 0.3) is 0 Å². The van der Waals surface area contributed by atoms with Gasteiger partial charge < -0.3 is 9.67 Å². The maximum absolute atomic E-state index is 10.1. The molecule has 2 rings (SSSR count). The van der Waals surface area contributed by atoms with Crippen molar-refractivity contribution < 1.29 is 5.11 Å². The number of aliphatic hydroxyl groups excluding tert-OH is 1. The second-order valence-electron chi connectivity index (χ2n) is 5.08. The van der Waals surface area contributed by atoms with Crippen LogP contribution in [0.2, 0.25) is 0 Å². The highest BCUT2D eigenvalue weighted by atomic mass is 32.2. The third kappa shape index (κ3) is 4.02. The third-order valence-electron chi connectivity index (χ3n) is 3.64. The number of nitrogens with zero attached hydrogens (tertiary/aromatic N) is 2. The molecule has 0 amide bonds. The number of aromatic nitrogens is 2. The van der Waals surface area contributed by atoms with E-state index in [0.29, 0.717) is 6.42 Å². The standard InChI is InChI=1S/C14H24N2OS/c1-2-16-9-8-15-14(16)10-12(17)11-18-13-6-4-3-5-7-13/h8-9,12-13,17H,2-7,10-11H2,1H3. The van der Waals surface area contributed by atoms with E-state index in [-0.39, 0.29) is 6.10 Å². The molecule has 0 aromatic carbocycles. The fourth-order valence-electron chi connectivity index (χ4n) is 2.57. The highest BCUT2D eigenvalue weighted by Crippen LogP contribution is 2.28. The summed E-state index contributed by atoms with van der Waals surface area (Å²) in [5.74, 6) is 1.86. The van der Waals surface area contributed by atoms with E-state index >= 15 is 0 Å². The Morgan fingerprint density at radius 3 is 2.94 bits per heavy atom. The van der Waals surface area contributed by atoms with Crippen molar-refractivity contribution in [3.63, 3.8) is 0 Å². The summed E-state index contributed by atoms with van der Waals surface area (Å²) in [5.41, 5.74) is 0. The summed E-state index contributed by atoms with van der Waals surface area (Å²) in [6.07, 6.45) is 11.0. The van der Waals surface area contributed by atoms with Crippen LogP contribution in [0.3, 0.4) is 0 Å². The Kier molecular flexibility index (Phi) is 5.57. The van der Waals surface area contributed by atoms with Crippen LogP contribution in [-0.4, -0.2) is 31.8 Å². The van der Waals surface area contributed by atoms with E-state index in [1.165, 1.54) is 32.1 Å². The zero-order chi connectivity index (χ0) is 12.8. The minimum absolute atomic E-state index is 0.260. The van der Waals surface area contributed by atoms with Gasteiger partial charge in [0.05, 0.1) is 6.10 Å². The molecule has 1 unspecified atom stereocenters. The zero-order valence-corrected chi connectivity index (χ0v) is 12.0. The van der Waals surface area contributed by atoms with Crippen LogP contribution in [0, 0.1) is 0 Å². The van der Waals surface area contributed by atoms with E-state index < -0.39 is 0 Å². The normalized spacial score (nSPS) is 19.0. The fraction of sp³-hybridized carbons (Fsp3) is 0.786. The first-order valence-corrected chi connectivity index (χ1v) is 8.14. The summed E-state index contributed by atoms with van der Waals surface area (Å²) in [6, 6.07) is 0. The predicted octanol–water partition coefficient (Wildman–Crippen LogP) is 2.87. The number of hydrogen-bond donors (Lipinski definition) is 1. The van der Waals surface area contributed by atoms with Crippen molar-refractivity contribution in [2.24, 2.45) is 0 Å². The largest absolute Gasteiger partial charge is 0.392 e. The van der Waals surface area contributed by atoms with Gasteiger partial charge in [-0.15, -0.1) is 0 Å². The molecule has 102 valence electrons. The minimum Gasteiger partial charge on any atom is -0.392 e. The van der Waals surface area contributed by atoms with Gasteiger partial charge >= 0.3 is 0 Å². The maximum atomic E-state index is 10.1. The lowest BCUT2D eigenvalue weighted by molar-refractivity contribution is 0.196. The van der Waals surface area contributed by atoms with Gasteiger partial charge in [0.1, 0.15) is 5.82 Å². The van der Waals surface area contributed by atoms with Gasteiger partial charge in [-0.2, -0.15) is 11.8 Å². The lowest BCUT2D eigenvalue weighted by Gasteiger charge is -2.22. The molecule has 1 fully saturated rings. The molecule has 0 saturated heterocycles. The zero-order valence-electron chi connectivity index (χ0n) is 11.2. The van der Waals surface area contributed by atoms with E-state index in [2.05, 4.69) is 16.5 Å². The molecule has 1 heterocycles. The van der Waals surface area contributed by atoms with Gasteiger partial charge in [0, 0.05) is 36.4 Å². The summed E-state index contributed by atoms with van der Waals surface area (Å²) in [6.45, 7) is 3.03. The molecule has 0 aliphatic heterocycles. The van der Waals surface area contributed by atoms with Crippen LogP contribution in [0.4, 0.5) is 0 Å². The van der Waals surface area contributed by atoms with Gasteiger partial charge in [0.15, 0.2) is 0 Å². The Hall–Kier alpha value is -0.480. The van der Waals surface area contributed by atoms with Crippen LogP contribution in [0.15, 0.2) is 12.4 Å². The summed E-state index contributed by atoms with van der Waals surface area (Å²) in [7, 11) is 0. The molecule has 1 aromatic heterocycles. The fourth-order valence-corrected chi connectivity index (χ4v) is 3.85. The molecule has 0 radical (unpaired) electrons. The lowest BCUT2D eigenvalue weighted by atomic mass is 10.0. The average molecular weight is 268 g/mol. The van der Waals surface area contributed by atoms with Gasteiger partial charge in [0.2, 0.25) is 0 Å². The number of hydrogen-bond acceptors (Lipinski definition) is 3. The van der Waals surface area contributed by atoms with Crippen molar-refractivity contribution >= 4 is 11.8 Å². The van der Waals surface area contributed by atoms with Gasteiger partial charge in [-0.1, -0.05) is 19.3 Å². The molecule has 1 aromatic rings. The van der Waals surface area contributed by atoms with Crippen molar-refractivity contribution in [2.75, 3.05) is 5.75 Å². The topological polar surface area (TPSA) is 38.0 Å². The van der Waals surface area contributed by atoms with Gasteiger partial charge in [0.25, 0.3) is 0 Å². The summed E-state index contributed by atoms with van der Waals surface area (Å²) < 4.78 is 2.11. The van der Waals surface area contributed by atoms with E-state index in [9.17, 15) is 5.11 Å². The van der Waals surface area contributed by atoms with E-state index in [1.54, 1.807) is 0 Å². The number of aryl methyl sites for hydroxylation is 1. The van der Waals surface area contributed by atoms with Crippen LogP contribution in [0.5, 0.6) is 0 Å². The predicted molar refractivity (Wildman–Crippen MR) is 76.9 cm³/mol. The summed E-state index contributed by atoms with van der Waals surface area (Å²) in [4.78, 5) is 4.32. The highest BCUT2D eigenvalue weighted by molar-refractivity contribution is 7.99. The Bertz CT molecular complexity index is 347. The molecule has 1 saturated carbocycles. The molecule has 1 aliphatic carbocycles. The quantitative estimate of drug-likeness (QED) is 0.862. The summed E-state index contributed by atoms with van der Waals surface area (Å²) in [5, 5.41) is 10.9. The maximum Gasteiger partial charge on any atom is 0.111 e. The second kappa shape index (κ2) is 7.19. The van der Waals surface area contributed by atoms with E-state index in [4.69, 9.17) is 0 Å². The molecule has 1 N–H and O–H groups in total. The van der Waals surface area contributed by atoms with Crippen molar-refractivity contribution in [1.29, 1.82) is 0 Å². The van der Waals surface area contributed by atoms with Gasteiger partial charge in [-0.3, -0.25) is 0 Å². The molecule has 0 spiro atoms. The molecule has 18 heavy (non-hydrogen) atoms. The van der Waals surface area contributed by atoms with Crippen molar-refractivity contribution in [2.45, 2.75) is 63.3 Å². The molecule has 4 heteroatoms. The minimum atomic E-state index is -0.260. The lowest BCUT2D eigenvalue weighted by Crippen LogP contribution is -2.19. The molecule has 1 aliphatic rings. The Morgan fingerprint density at radius 2 is 2.22 bits per heavy atom. The molecular formula is C14H24N2OS. The van der Waals surface area contributed by atoms with Crippen LogP contribution >= 0.6 is 11.8 Å². The first-order chi connectivity index (χ1) is 8.79. The third-order valence-corrected chi connectivity index (χ3v) is 5.16. The smallest absolute Gasteiger partial charge is 0.111 e. The number of aliphatic hydroxyl groups is 1. The van der Waals surface area contributed by atoms with Crippen LogP contribution in [-0.2, 0) is 13.0 Å². The highest BCUT2D eigenvalue weighted by Gasteiger charge is 2.16. The van der Waals surface area contributed by atoms with Crippen molar-refractivity contribution in [1.82, 2.24) is 9.55 Å². The molecule has 1 atom stereocenters. The average Bonchev–Trinajstić information content (AvgIpc) is 2.85. The number of thioether (sulfide) groups is 1. The SMILES string of the molecule is CCn1ccnc1CC(O)CSC1CCCCC1. The van der Waals surface area contributed by atoms with Gasteiger partial charge in [-0.05, 0) is 19.8 Å². The second-order valence-corrected chi connectivity index (χ2v) is 6.41. The molecule has 0 bridgehead atoms. The summed E-state index contributed by atoms with van der Waals surface area (Å²) >= 11 is 1.95. The first-order valence-electron chi connectivity index (χ1n) is 7.09. The van der Waals surface area contributed by atoms with Crippen LogP contribution < -0.4 is 0 Å². The molecular weight excluding hydrogens is 244 g/mol. The number of imidazole rings is 1. The van der Waals surface area contributed by atoms with E-state index in [1.807, 2.05) is 24.2 Å². The van der Waals surface area contributed by atoms with Gasteiger partial charge in [-0.25, -0.2) is 4.98 Å². The van der Waals surface area contributed by atoms with Crippen molar-refractivity contribution in [3.05, 3.63) is 18.2 Å². The van der Waals surface area contributed by atoms with Crippen LogP contribution in [0.1, 0.15) is 44.9 Å². The monoisotopic (exact) mass is 268 g/mol. The first kappa shape index (κ1) is 13.9. The Labute approximate surface area is 114 Å². The Morgan fingerprint density at radius 1 is 1.44 bits per heavy atom. The number of rotatable bonds is 6. The van der Waals surface area contributed by atoms with Crippen molar-refractivity contribution in [3.8, 4) is 0 Å². The molecule has 3 nitrogen and oxygen atoms in total. The Balaban J connectivity index is 1.72. The van der Waals surface area contributed by atoms with E-state index in [0.717, 1.165) is 23.4 Å².